The molecule has 6 nitrogen and oxygen atoms in total. The summed E-state index contributed by atoms with van der Waals surface area (Å²) in [5.41, 5.74) is 9.31. The lowest BCUT2D eigenvalue weighted by Gasteiger charge is -2.24. The number of pyridine rings is 1. The average molecular weight is 406 g/mol. The van der Waals surface area contributed by atoms with Crippen LogP contribution in [0.5, 0.6) is 0 Å². The van der Waals surface area contributed by atoms with Crippen molar-refractivity contribution < 1.29 is 9.82 Å². The second-order valence-corrected chi connectivity index (χ2v) is 7.07. The smallest absolute Gasteiger partial charge is 0.428 e. The minimum absolute atomic E-state index is 0. The van der Waals surface area contributed by atoms with E-state index in [4.69, 9.17) is 5.73 Å². The maximum atomic E-state index is 13.0. The van der Waals surface area contributed by atoms with Crippen LogP contribution in [0.1, 0.15) is 22.6 Å². The molecule has 2 aromatic carbocycles. The highest BCUT2D eigenvalue weighted by molar-refractivity contribution is 7.59. The molecule has 0 aliphatic carbocycles. The fourth-order valence-electron chi connectivity index (χ4n) is 3.59. The number of hydrogen-bond acceptors (Lipinski definition) is 6. The topological polar surface area (TPSA) is 91.8 Å². The van der Waals surface area contributed by atoms with Crippen molar-refractivity contribution in [1.82, 2.24) is 9.90 Å². The van der Waals surface area contributed by atoms with Gasteiger partial charge in [0, 0.05) is 37.8 Å². The number of aromatic nitrogens is 1. The Hall–Kier alpha value is -2.68. The van der Waals surface area contributed by atoms with Gasteiger partial charge in [-0.1, -0.05) is 36.4 Å². The molecule has 0 amide bonds. The van der Waals surface area contributed by atoms with Crippen LogP contribution in [0.25, 0.3) is 10.8 Å². The Labute approximate surface area is 177 Å². The zero-order valence-electron chi connectivity index (χ0n) is 16.1. The second kappa shape index (κ2) is 8.77. The van der Waals surface area contributed by atoms with Gasteiger partial charge in [-0.3, -0.25) is 9.78 Å². The van der Waals surface area contributed by atoms with Crippen molar-refractivity contribution in [3.63, 3.8) is 0 Å². The van der Waals surface area contributed by atoms with E-state index in [0.717, 1.165) is 32.9 Å². The molecule has 1 aliphatic heterocycles. The normalized spacial score (nSPS) is 13.8. The van der Waals surface area contributed by atoms with E-state index in [0.29, 0.717) is 6.42 Å². The van der Waals surface area contributed by atoms with Crippen molar-refractivity contribution in [1.29, 1.82) is 0 Å². The Balaban J connectivity index is 0.00000240. The first-order chi connectivity index (χ1) is 13.6. The van der Waals surface area contributed by atoms with Crippen LogP contribution < -0.4 is 11.2 Å². The van der Waals surface area contributed by atoms with Crippen LogP contribution in [0, 0.1) is 0 Å². The summed E-state index contributed by atoms with van der Waals surface area (Å²) < 4.78 is 0. The third kappa shape index (κ3) is 4.19. The van der Waals surface area contributed by atoms with E-state index in [-0.39, 0.29) is 25.8 Å². The summed E-state index contributed by atoms with van der Waals surface area (Å²) in [5.74, 6) is -0.363. The molecule has 0 spiro atoms. The van der Waals surface area contributed by atoms with E-state index < -0.39 is 13.0 Å². The molecule has 0 saturated heterocycles. The van der Waals surface area contributed by atoms with Gasteiger partial charge in [-0.25, -0.2) is 0 Å². The van der Waals surface area contributed by atoms with E-state index in [9.17, 15) is 9.82 Å². The number of nitrogens with two attached hydrogens (primary N) is 1. The Morgan fingerprint density at radius 3 is 2.83 bits per heavy atom. The fraction of sp³-hybridized carbons (Fsp3) is 0.190. The molecule has 0 radical (unpaired) electrons. The third-order valence-corrected chi connectivity index (χ3v) is 5.23. The number of hydrogen-bond donors (Lipinski definition) is 2. The number of carbonyl (C=O) groups is 1. The van der Waals surface area contributed by atoms with Crippen molar-refractivity contribution in [3.05, 3.63) is 71.5 Å². The monoisotopic (exact) mass is 406 g/mol. The van der Waals surface area contributed by atoms with Crippen LogP contribution in [-0.2, 0) is 11.2 Å². The lowest BCUT2D eigenvalue weighted by molar-refractivity contribution is -0.119. The predicted molar refractivity (Wildman–Crippen MR) is 122 cm³/mol. The lowest BCUT2D eigenvalue weighted by Crippen LogP contribution is -2.48. The highest BCUT2D eigenvalue weighted by Gasteiger charge is 2.28. The molecular formula is C21H23BN4O2S. The van der Waals surface area contributed by atoms with E-state index in [1.807, 2.05) is 48.7 Å². The van der Waals surface area contributed by atoms with Gasteiger partial charge >= 0.3 is 7.05 Å². The molecule has 3 aromatic rings. The number of nitrogens with zero attached hydrogens (tertiary/aromatic N) is 3. The molecule has 2 heterocycles. The number of ketones is 1. The predicted octanol–water partition coefficient (Wildman–Crippen LogP) is 1.17. The summed E-state index contributed by atoms with van der Waals surface area (Å²) in [6.45, 7) is 0.217. The van der Waals surface area contributed by atoms with Crippen LogP contribution in [-0.4, -0.2) is 47.6 Å². The van der Waals surface area contributed by atoms with E-state index in [2.05, 4.69) is 10.1 Å². The van der Waals surface area contributed by atoms with Gasteiger partial charge in [0.2, 0.25) is 0 Å². The van der Waals surface area contributed by atoms with Gasteiger partial charge in [-0.05, 0) is 33.6 Å². The van der Waals surface area contributed by atoms with E-state index in [1.165, 1.54) is 4.92 Å². The number of benzene rings is 2. The zero-order valence-corrected chi connectivity index (χ0v) is 17.1. The summed E-state index contributed by atoms with van der Waals surface area (Å²) in [4.78, 5) is 18.6. The van der Waals surface area contributed by atoms with Gasteiger partial charge < -0.3 is 15.7 Å². The van der Waals surface area contributed by atoms with Crippen molar-refractivity contribution in [2.45, 2.75) is 12.3 Å². The Bertz CT molecular complexity index is 1080. The largest absolute Gasteiger partial charge is 0.466 e. The molecule has 1 aromatic heterocycles. The van der Waals surface area contributed by atoms with Crippen molar-refractivity contribution >= 4 is 48.8 Å². The number of rotatable bonds is 5. The molecule has 4 rings (SSSR count). The van der Waals surface area contributed by atoms with Gasteiger partial charge in [0.15, 0.2) is 0 Å². The molecule has 0 fully saturated rings. The third-order valence-electron chi connectivity index (χ3n) is 5.23. The molecule has 8 heteroatoms. The maximum absolute atomic E-state index is 13.0. The van der Waals surface area contributed by atoms with Crippen molar-refractivity contribution in [3.8, 4) is 0 Å². The first-order valence-corrected chi connectivity index (χ1v) is 9.21. The molecule has 1 atom stereocenters. The molecule has 0 bridgehead atoms. The van der Waals surface area contributed by atoms with Gasteiger partial charge in [-0.2, -0.15) is 18.6 Å². The van der Waals surface area contributed by atoms with Gasteiger partial charge in [0.25, 0.3) is 0 Å². The number of hydrazone groups is 1. The Morgan fingerprint density at radius 1 is 1.21 bits per heavy atom. The molecule has 3 N–H and O–H groups in total. The summed E-state index contributed by atoms with van der Waals surface area (Å²) in [6.07, 6.45) is 5.56. The molecule has 0 saturated carbocycles. The van der Waals surface area contributed by atoms with Gasteiger partial charge in [-0.15, -0.1) is 0 Å². The number of fused-ring (bicyclic) bond motifs is 2. The standard InChI is InChI=1S/C21H21BN4O2.H2S/c1-26-22(28)20-10-16(4-5-18(20)13-25-26)19(11-23)21(27)9-14-2-3-17-12-24-7-6-15(17)8-14;/h2-8,10,12-13,19,28H,9,11,23H2,1H3;1H2/t19-;/m1./s1. The van der Waals surface area contributed by atoms with Crippen LogP contribution in [0.15, 0.2) is 60.0 Å². The highest BCUT2D eigenvalue weighted by Crippen LogP contribution is 2.21. The highest BCUT2D eigenvalue weighted by atomic mass is 32.1. The average Bonchev–Trinajstić information content (AvgIpc) is 2.71. The van der Waals surface area contributed by atoms with Crippen LogP contribution in [0.4, 0.5) is 0 Å². The fourth-order valence-corrected chi connectivity index (χ4v) is 3.59. The van der Waals surface area contributed by atoms with Crippen LogP contribution in [0.2, 0.25) is 0 Å². The van der Waals surface area contributed by atoms with Gasteiger partial charge in [0.05, 0.1) is 12.1 Å². The summed E-state index contributed by atoms with van der Waals surface area (Å²) >= 11 is 0. The zero-order chi connectivity index (χ0) is 19.7. The lowest BCUT2D eigenvalue weighted by atomic mass is 9.69. The minimum atomic E-state index is -0.831. The Morgan fingerprint density at radius 2 is 2.03 bits per heavy atom. The summed E-state index contributed by atoms with van der Waals surface area (Å²) in [5, 5.41) is 16.6. The first-order valence-electron chi connectivity index (χ1n) is 9.21. The van der Waals surface area contributed by atoms with Crippen LogP contribution >= 0.6 is 13.5 Å². The Kier molecular flexibility index (Phi) is 6.37. The first kappa shape index (κ1) is 21.0. The quantitative estimate of drug-likeness (QED) is 0.621. The van der Waals surface area contributed by atoms with Crippen molar-refractivity contribution in [2.75, 3.05) is 13.6 Å². The summed E-state index contributed by atoms with van der Waals surface area (Å²) in [6, 6.07) is 13.5. The number of Topliss-reactive ketones (excluding diaryl/α,β-unsaturated/α-hetero) is 1. The summed E-state index contributed by atoms with van der Waals surface area (Å²) in [7, 11) is 0.875. The van der Waals surface area contributed by atoms with E-state index >= 15 is 0 Å². The molecular weight excluding hydrogens is 383 g/mol. The van der Waals surface area contributed by atoms with Crippen LogP contribution in [0.3, 0.4) is 0 Å². The number of carbonyl (C=O) groups excluding carboxylic acids is 1. The molecule has 29 heavy (non-hydrogen) atoms. The molecule has 0 unspecified atom stereocenters. The second-order valence-electron chi connectivity index (χ2n) is 7.07. The molecule has 1 aliphatic rings. The SMILES string of the molecule is CN1N=Cc2ccc([C@@H](CN)C(=O)Cc3ccc4cnccc4c3)cc2B1O.S. The van der Waals surface area contributed by atoms with Crippen molar-refractivity contribution in [2.24, 2.45) is 10.8 Å². The van der Waals surface area contributed by atoms with Gasteiger partial charge in [0.1, 0.15) is 5.78 Å². The molecule has 148 valence electrons. The maximum Gasteiger partial charge on any atom is 0.466 e. The van der Waals surface area contributed by atoms with E-state index in [1.54, 1.807) is 19.5 Å². The minimum Gasteiger partial charge on any atom is -0.428 e.